The van der Waals surface area contributed by atoms with E-state index in [0.29, 0.717) is 18.8 Å². The van der Waals surface area contributed by atoms with Crippen LogP contribution in [0.4, 0.5) is 0 Å². The Morgan fingerprint density at radius 1 is 1.35 bits per heavy atom. The predicted octanol–water partition coefficient (Wildman–Crippen LogP) is 1.75. The highest BCUT2D eigenvalue weighted by Gasteiger charge is 2.00. The van der Waals surface area contributed by atoms with Crippen LogP contribution in [0.5, 0.6) is 0 Å². The fourth-order valence-electron chi connectivity index (χ4n) is 1.14. The highest BCUT2D eigenvalue weighted by atomic mass is 32.2. The topological polar surface area (TPSA) is 43.4 Å². The SMILES string of the molecule is CCOC(=O)C#CCCS(=O)c1ccccc1. The Kier molecular flexibility index (Phi) is 6.05. The quantitative estimate of drug-likeness (QED) is 0.464. The number of benzene rings is 1. The third-order valence-corrected chi connectivity index (χ3v) is 3.26. The van der Waals surface area contributed by atoms with E-state index in [1.807, 2.05) is 30.3 Å². The van der Waals surface area contributed by atoms with Crippen molar-refractivity contribution in [1.29, 1.82) is 0 Å². The van der Waals surface area contributed by atoms with E-state index in [2.05, 4.69) is 16.6 Å². The monoisotopic (exact) mass is 250 g/mol. The standard InChI is InChI=1S/C13H14O3S/c1-2-16-13(14)10-6-7-11-17(15)12-8-4-3-5-9-12/h3-5,8-9H,2,7,11H2,1H3. The fraction of sp³-hybridized carbons (Fsp3) is 0.308. The Morgan fingerprint density at radius 2 is 2.06 bits per heavy atom. The van der Waals surface area contributed by atoms with E-state index in [0.717, 1.165) is 4.90 Å². The number of esters is 1. The van der Waals surface area contributed by atoms with Crippen LogP contribution in [0.15, 0.2) is 35.2 Å². The maximum absolute atomic E-state index is 11.7. The summed E-state index contributed by atoms with van der Waals surface area (Å²) in [6, 6.07) is 9.19. The summed E-state index contributed by atoms with van der Waals surface area (Å²) in [5.41, 5.74) is 0. The predicted molar refractivity (Wildman–Crippen MR) is 66.7 cm³/mol. The molecule has 0 spiro atoms. The molecule has 17 heavy (non-hydrogen) atoms. The molecule has 1 unspecified atom stereocenters. The van der Waals surface area contributed by atoms with Gasteiger partial charge in [-0.25, -0.2) is 4.79 Å². The van der Waals surface area contributed by atoms with E-state index in [9.17, 15) is 9.00 Å². The van der Waals surface area contributed by atoms with Gasteiger partial charge in [0.1, 0.15) is 0 Å². The smallest absolute Gasteiger partial charge is 0.384 e. The largest absolute Gasteiger partial charge is 0.456 e. The van der Waals surface area contributed by atoms with Crippen LogP contribution in [0.3, 0.4) is 0 Å². The van der Waals surface area contributed by atoms with Gasteiger partial charge < -0.3 is 4.74 Å². The summed E-state index contributed by atoms with van der Waals surface area (Å²) in [4.78, 5) is 11.7. The molecular formula is C13H14O3S. The van der Waals surface area contributed by atoms with E-state index in [1.54, 1.807) is 6.92 Å². The molecule has 0 bridgehead atoms. The number of ether oxygens (including phenoxy) is 1. The minimum atomic E-state index is -1.06. The molecule has 0 saturated carbocycles. The average molecular weight is 250 g/mol. The summed E-state index contributed by atoms with van der Waals surface area (Å²) in [6.45, 7) is 2.05. The van der Waals surface area contributed by atoms with Crippen LogP contribution in [0.2, 0.25) is 0 Å². The molecule has 0 aromatic heterocycles. The second kappa shape index (κ2) is 7.64. The van der Waals surface area contributed by atoms with Gasteiger partial charge in [0.05, 0.1) is 17.4 Å². The third-order valence-electron chi connectivity index (χ3n) is 1.88. The van der Waals surface area contributed by atoms with Crippen molar-refractivity contribution < 1.29 is 13.7 Å². The number of rotatable bonds is 4. The Morgan fingerprint density at radius 3 is 2.71 bits per heavy atom. The first-order valence-electron chi connectivity index (χ1n) is 5.33. The lowest BCUT2D eigenvalue weighted by Gasteiger charge is -1.97. The van der Waals surface area contributed by atoms with Crippen molar-refractivity contribution in [3.8, 4) is 11.8 Å². The van der Waals surface area contributed by atoms with Crippen LogP contribution >= 0.6 is 0 Å². The summed E-state index contributed by atoms with van der Waals surface area (Å²) in [7, 11) is -1.06. The molecule has 1 rings (SSSR count). The van der Waals surface area contributed by atoms with Crippen molar-refractivity contribution in [2.45, 2.75) is 18.2 Å². The van der Waals surface area contributed by atoms with Crippen molar-refractivity contribution in [2.75, 3.05) is 12.4 Å². The number of carbonyl (C=O) groups excluding carboxylic acids is 1. The molecule has 0 aliphatic rings. The number of hydrogen-bond donors (Lipinski definition) is 0. The minimum Gasteiger partial charge on any atom is -0.456 e. The van der Waals surface area contributed by atoms with Crippen LogP contribution in [0, 0.1) is 11.8 Å². The van der Waals surface area contributed by atoms with Crippen LogP contribution in [0.25, 0.3) is 0 Å². The lowest BCUT2D eigenvalue weighted by atomic mass is 10.4. The zero-order valence-electron chi connectivity index (χ0n) is 9.64. The van der Waals surface area contributed by atoms with Gasteiger partial charge in [-0.15, -0.1) is 0 Å². The summed E-state index contributed by atoms with van der Waals surface area (Å²) < 4.78 is 16.4. The normalized spacial score (nSPS) is 11.1. The van der Waals surface area contributed by atoms with E-state index >= 15 is 0 Å². The Balaban J connectivity index is 2.37. The van der Waals surface area contributed by atoms with Crippen molar-refractivity contribution in [1.82, 2.24) is 0 Å². The molecule has 0 N–H and O–H groups in total. The van der Waals surface area contributed by atoms with Gasteiger partial charge in [-0.05, 0) is 19.1 Å². The minimum absolute atomic E-state index is 0.323. The second-order valence-corrected chi connectivity index (χ2v) is 4.71. The van der Waals surface area contributed by atoms with Gasteiger partial charge in [-0.2, -0.15) is 0 Å². The summed E-state index contributed by atoms with van der Waals surface area (Å²) in [6.07, 6.45) is 0.417. The van der Waals surface area contributed by atoms with Crippen LogP contribution in [0.1, 0.15) is 13.3 Å². The summed E-state index contributed by atoms with van der Waals surface area (Å²) >= 11 is 0. The molecule has 0 fully saturated rings. The first kappa shape index (κ1) is 13.5. The van der Waals surface area contributed by atoms with Gasteiger partial charge in [-0.1, -0.05) is 24.1 Å². The average Bonchev–Trinajstić information content (AvgIpc) is 2.36. The van der Waals surface area contributed by atoms with E-state index in [1.165, 1.54) is 0 Å². The first-order chi connectivity index (χ1) is 8.24. The molecule has 0 radical (unpaired) electrons. The van der Waals surface area contributed by atoms with E-state index in [4.69, 9.17) is 0 Å². The molecule has 0 amide bonds. The maximum Gasteiger partial charge on any atom is 0.384 e. The summed E-state index contributed by atoms with van der Waals surface area (Å²) in [5, 5.41) is 0. The van der Waals surface area contributed by atoms with Crippen molar-refractivity contribution >= 4 is 16.8 Å². The molecule has 1 atom stereocenters. The Bertz CT molecular complexity index is 443. The maximum atomic E-state index is 11.7. The van der Waals surface area contributed by atoms with Gasteiger partial charge in [0.15, 0.2) is 0 Å². The van der Waals surface area contributed by atoms with Gasteiger partial charge in [0.25, 0.3) is 0 Å². The molecule has 3 nitrogen and oxygen atoms in total. The zero-order chi connectivity index (χ0) is 12.5. The molecule has 0 saturated heterocycles. The van der Waals surface area contributed by atoms with Crippen molar-refractivity contribution in [3.05, 3.63) is 30.3 Å². The molecule has 4 heteroatoms. The highest BCUT2D eigenvalue weighted by Crippen LogP contribution is 2.05. The highest BCUT2D eigenvalue weighted by molar-refractivity contribution is 7.85. The van der Waals surface area contributed by atoms with Gasteiger partial charge >= 0.3 is 5.97 Å². The molecule has 1 aromatic rings. The first-order valence-corrected chi connectivity index (χ1v) is 6.65. The third kappa shape index (κ3) is 5.32. The molecule has 0 aliphatic carbocycles. The number of hydrogen-bond acceptors (Lipinski definition) is 3. The second-order valence-electron chi connectivity index (χ2n) is 3.13. The zero-order valence-corrected chi connectivity index (χ0v) is 10.5. The lowest BCUT2D eigenvalue weighted by Crippen LogP contribution is -2.00. The Labute approximate surface area is 104 Å². The Hall–Kier alpha value is -1.60. The van der Waals surface area contributed by atoms with Crippen molar-refractivity contribution in [3.63, 3.8) is 0 Å². The molecule has 0 heterocycles. The van der Waals surface area contributed by atoms with Crippen LogP contribution in [-0.2, 0) is 20.3 Å². The molecule has 1 aromatic carbocycles. The van der Waals surface area contributed by atoms with E-state index < -0.39 is 16.8 Å². The molecule has 0 aliphatic heterocycles. The van der Waals surface area contributed by atoms with Crippen LogP contribution < -0.4 is 0 Å². The summed E-state index contributed by atoms with van der Waals surface area (Å²) in [5.74, 6) is 4.90. The molecular weight excluding hydrogens is 236 g/mol. The van der Waals surface area contributed by atoms with Crippen LogP contribution in [-0.4, -0.2) is 22.5 Å². The lowest BCUT2D eigenvalue weighted by molar-refractivity contribution is -0.136. The van der Waals surface area contributed by atoms with Gasteiger partial charge in [0.2, 0.25) is 0 Å². The van der Waals surface area contributed by atoms with Crippen molar-refractivity contribution in [2.24, 2.45) is 0 Å². The van der Waals surface area contributed by atoms with Gasteiger partial charge in [0, 0.05) is 23.0 Å². The fourth-order valence-corrected chi connectivity index (χ4v) is 2.12. The van der Waals surface area contributed by atoms with E-state index in [-0.39, 0.29) is 0 Å². The molecule has 90 valence electrons. The number of carbonyl (C=O) groups is 1. The van der Waals surface area contributed by atoms with Gasteiger partial charge in [-0.3, -0.25) is 4.21 Å².